The SMILES string of the molecule is C=C(C)[C@H](O)Cc1cc([C@@H]2CC(=O)c3ccc(O)cc3O2)cc(CC=C(C)C)c1O. The Labute approximate surface area is 177 Å². The van der Waals surface area contributed by atoms with E-state index in [1.807, 2.05) is 26.0 Å². The molecule has 2 atom stereocenters. The first kappa shape index (κ1) is 21.7. The molecule has 30 heavy (non-hydrogen) atoms. The number of benzene rings is 2. The van der Waals surface area contributed by atoms with Crippen molar-refractivity contribution in [3.8, 4) is 17.2 Å². The number of aliphatic hydroxyl groups excluding tert-OH is 1. The van der Waals surface area contributed by atoms with Crippen molar-refractivity contribution in [2.45, 2.75) is 52.2 Å². The maximum Gasteiger partial charge on any atom is 0.170 e. The average molecular weight is 408 g/mol. The number of phenolic OH excluding ortho intramolecular Hbond substituents is 2. The Morgan fingerprint density at radius 1 is 1.20 bits per heavy atom. The van der Waals surface area contributed by atoms with E-state index in [1.165, 1.54) is 12.1 Å². The zero-order valence-corrected chi connectivity index (χ0v) is 17.6. The molecule has 5 heteroatoms. The summed E-state index contributed by atoms with van der Waals surface area (Å²) in [4.78, 5) is 12.6. The number of aromatic hydroxyl groups is 2. The van der Waals surface area contributed by atoms with Crippen LogP contribution in [0.15, 0.2) is 54.1 Å². The fourth-order valence-electron chi connectivity index (χ4n) is 3.48. The normalized spacial score (nSPS) is 16.4. The Morgan fingerprint density at radius 3 is 2.57 bits per heavy atom. The van der Waals surface area contributed by atoms with Crippen molar-refractivity contribution < 1.29 is 24.9 Å². The molecule has 0 aromatic heterocycles. The first-order valence-corrected chi connectivity index (χ1v) is 10.00. The topological polar surface area (TPSA) is 87.0 Å². The van der Waals surface area contributed by atoms with Crippen LogP contribution in [0, 0.1) is 0 Å². The van der Waals surface area contributed by atoms with E-state index in [1.54, 1.807) is 19.1 Å². The van der Waals surface area contributed by atoms with Gasteiger partial charge in [-0.1, -0.05) is 23.8 Å². The van der Waals surface area contributed by atoms with E-state index in [9.17, 15) is 20.1 Å². The summed E-state index contributed by atoms with van der Waals surface area (Å²) in [6, 6.07) is 8.09. The summed E-state index contributed by atoms with van der Waals surface area (Å²) in [7, 11) is 0. The first-order valence-electron chi connectivity index (χ1n) is 10.00. The number of allylic oxidation sites excluding steroid dienone is 2. The van der Waals surface area contributed by atoms with Gasteiger partial charge in [-0.05, 0) is 68.1 Å². The lowest BCUT2D eigenvalue weighted by molar-refractivity contribution is 0.0849. The van der Waals surface area contributed by atoms with Crippen molar-refractivity contribution in [2.24, 2.45) is 0 Å². The lowest BCUT2D eigenvalue weighted by Crippen LogP contribution is -2.21. The molecule has 0 fully saturated rings. The summed E-state index contributed by atoms with van der Waals surface area (Å²) in [6.45, 7) is 9.49. The second-order valence-electron chi connectivity index (χ2n) is 8.15. The van der Waals surface area contributed by atoms with Gasteiger partial charge >= 0.3 is 0 Å². The fourth-order valence-corrected chi connectivity index (χ4v) is 3.48. The molecule has 0 spiro atoms. The quantitative estimate of drug-likeness (QED) is 0.598. The molecule has 0 bridgehead atoms. The average Bonchev–Trinajstić information content (AvgIpc) is 2.67. The van der Waals surface area contributed by atoms with E-state index < -0.39 is 12.2 Å². The van der Waals surface area contributed by atoms with Crippen LogP contribution in [0.25, 0.3) is 0 Å². The highest BCUT2D eigenvalue weighted by atomic mass is 16.5. The molecule has 0 unspecified atom stereocenters. The lowest BCUT2D eigenvalue weighted by Gasteiger charge is -2.27. The summed E-state index contributed by atoms with van der Waals surface area (Å²) < 4.78 is 6.04. The van der Waals surface area contributed by atoms with E-state index in [0.717, 1.165) is 11.1 Å². The van der Waals surface area contributed by atoms with E-state index in [0.29, 0.717) is 34.4 Å². The van der Waals surface area contributed by atoms with Gasteiger partial charge in [0.2, 0.25) is 0 Å². The maximum absolute atomic E-state index is 12.6. The molecule has 158 valence electrons. The number of phenols is 2. The second-order valence-corrected chi connectivity index (χ2v) is 8.15. The molecule has 2 aromatic carbocycles. The number of rotatable bonds is 6. The van der Waals surface area contributed by atoms with Gasteiger partial charge < -0.3 is 20.1 Å². The second kappa shape index (κ2) is 8.76. The van der Waals surface area contributed by atoms with Gasteiger partial charge in [0, 0.05) is 12.5 Å². The predicted octanol–water partition coefficient (Wildman–Crippen LogP) is 4.79. The van der Waals surface area contributed by atoms with Crippen molar-refractivity contribution >= 4 is 5.78 Å². The number of ketones is 1. The van der Waals surface area contributed by atoms with E-state index in [2.05, 4.69) is 6.58 Å². The molecular formula is C25H28O5. The van der Waals surface area contributed by atoms with Crippen LogP contribution in [0.4, 0.5) is 0 Å². The van der Waals surface area contributed by atoms with Crippen LogP contribution in [0.5, 0.6) is 17.2 Å². The highest BCUT2D eigenvalue weighted by molar-refractivity contribution is 6.00. The molecule has 0 saturated carbocycles. The van der Waals surface area contributed by atoms with Gasteiger partial charge in [0.15, 0.2) is 5.78 Å². The Kier molecular flexibility index (Phi) is 6.32. The highest BCUT2D eigenvalue weighted by Gasteiger charge is 2.29. The first-order chi connectivity index (χ1) is 14.2. The fraction of sp³-hybridized carbons (Fsp3) is 0.320. The minimum atomic E-state index is -0.783. The van der Waals surface area contributed by atoms with Crippen LogP contribution in [-0.4, -0.2) is 27.2 Å². The highest BCUT2D eigenvalue weighted by Crippen LogP contribution is 2.39. The standard InChI is InChI=1S/C25H28O5/c1-14(2)5-6-16-9-17(10-18(25(16)29)11-21(27)15(3)4)23-13-22(28)20-8-7-19(26)12-24(20)30-23/h5,7-10,12,21,23,26-27,29H,3,6,11,13H2,1-2,4H3/t21-,23+/m1/s1. The number of hydrogen-bond donors (Lipinski definition) is 3. The number of hydrogen-bond acceptors (Lipinski definition) is 5. The molecule has 5 nitrogen and oxygen atoms in total. The van der Waals surface area contributed by atoms with Gasteiger partial charge in [0.05, 0.1) is 18.1 Å². The van der Waals surface area contributed by atoms with Crippen LogP contribution < -0.4 is 4.74 Å². The summed E-state index contributed by atoms with van der Waals surface area (Å²) in [5.41, 5.74) is 4.21. The van der Waals surface area contributed by atoms with Crippen molar-refractivity contribution in [3.63, 3.8) is 0 Å². The Morgan fingerprint density at radius 2 is 1.90 bits per heavy atom. The van der Waals surface area contributed by atoms with Crippen LogP contribution in [0.2, 0.25) is 0 Å². The third-order valence-corrected chi connectivity index (χ3v) is 5.28. The van der Waals surface area contributed by atoms with E-state index in [4.69, 9.17) is 4.74 Å². The zero-order valence-electron chi connectivity index (χ0n) is 17.6. The molecule has 2 aromatic rings. The smallest absolute Gasteiger partial charge is 0.170 e. The van der Waals surface area contributed by atoms with Crippen LogP contribution in [-0.2, 0) is 12.8 Å². The van der Waals surface area contributed by atoms with Crippen LogP contribution in [0.3, 0.4) is 0 Å². The largest absolute Gasteiger partial charge is 0.508 e. The molecular weight excluding hydrogens is 380 g/mol. The summed E-state index contributed by atoms with van der Waals surface area (Å²) in [5.74, 6) is 0.446. The summed E-state index contributed by atoms with van der Waals surface area (Å²) >= 11 is 0. The van der Waals surface area contributed by atoms with E-state index in [-0.39, 0.29) is 30.1 Å². The number of ether oxygens (including phenoxy) is 1. The maximum atomic E-state index is 12.6. The molecule has 3 N–H and O–H groups in total. The number of Topliss-reactive ketones (excluding diaryl/α,β-unsaturated/α-hetero) is 1. The van der Waals surface area contributed by atoms with Gasteiger partial charge in [0.25, 0.3) is 0 Å². The van der Waals surface area contributed by atoms with Crippen molar-refractivity contribution in [2.75, 3.05) is 0 Å². The molecule has 1 heterocycles. The minimum absolute atomic E-state index is 0.0300. The predicted molar refractivity (Wildman–Crippen MR) is 116 cm³/mol. The summed E-state index contributed by atoms with van der Waals surface area (Å²) in [5, 5.41) is 30.8. The monoisotopic (exact) mass is 408 g/mol. The van der Waals surface area contributed by atoms with Crippen molar-refractivity contribution in [1.29, 1.82) is 0 Å². The molecule has 1 aliphatic heterocycles. The Bertz CT molecular complexity index is 1010. The number of aliphatic hydroxyl groups is 1. The van der Waals surface area contributed by atoms with Crippen molar-refractivity contribution in [1.82, 2.24) is 0 Å². The van der Waals surface area contributed by atoms with Gasteiger partial charge in [-0.3, -0.25) is 4.79 Å². The number of carbonyl (C=O) groups is 1. The molecule has 1 aliphatic rings. The molecule has 0 saturated heterocycles. The molecule has 0 aliphatic carbocycles. The molecule has 3 rings (SSSR count). The Balaban J connectivity index is 2.02. The van der Waals surface area contributed by atoms with Crippen LogP contribution >= 0.6 is 0 Å². The third-order valence-electron chi connectivity index (χ3n) is 5.28. The van der Waals surface area contributed by atoms with Crippen molar-refractivity contribution in [3.05, 3.63) is 76.4 Å². The van der Waals surface area contributed by atoms with Gasteiger partial charge in [-0.2, -0.15) is 0 Å². The minimum Gasteiger partial charge on any atom is -0.508 e. The van der Waals surface area contributed by atoms with E-state index >= 15 is 0 Å². The third kappa shape index (κ3) is 4.74. The molecule has 0 amide bonds. The number of carbonyl (C=O) groups excluding carboxylic acids is 1. The van der Waals surface area contributed by atoms with Gasteiger partial charge in [0.1, 0.15) is 23.4 Å². The Hall–Kier alpha value is -3.05. The summed E-state index contributed by atoms with van der Waals surface area (Å²) in [6.07, 6.45) is 1.59. The van der Waals surface area contributed by atoms with Crippen LogP contribution in [0.1, 0.15) is 60.3 Å². The molecule has 0 radical (unpaired) electrons. The van der Waals surface area contributed by atoms with Gasteiger partial charge in [-0.15, -0.1) is 0 Å². The number of fused-ring (bicyclic) bond motifs is 1. The lowest BCUT2D eigenvalue weighted by atomic mass is 9.90. The zero-order chi connectivity index (χ0) is 22.0. The van der Waals surface area contributed by atoms with Gasteiger partial charge in [-0.25, -0.2) is 0 Å².